The van der Waals surface area contributed by atoms with Gasteiger partial charge in [0.15, 0.2) is 6.61 Å². The van der Waals surface area contributed by atoms with E-state index in [4.69, 9.17) is 14.0 Å². The molecule has 0 aliphatic carbocycles. The van der Waals surface area contributed by atoms with Gasteiger partial charge in [-0.05, 0) is 57.0 Å². The van der Waals surface area contributed by atoms with E-state index in [1.54, 1.807) is 29.2 Å². The van der Waals surface area contributed by atoms with Crippen LogP contribution in [0.3, 0.4) is 0 Å². The summed E-state index contributed by atoms with van der Waals surface area (Å²) in [6.07, 6.45) is 3.44. The summed E-state index contributed by atoms with van der Waals surface area (Å²) in [6, 6.07) is 7.94. The van der Waals surface area contributed by atoms with Crippen LogP contribution in [0.4, 0.5) is 0 Å². The second-order valence-electron chi connectivity index (χ2n) is 7.92. The number of esters is 1. The fraction of sp³-hybridized carbons (Fsp3) is 0.333. The van der Waals surface area contributed by atoms with Gasteiger partial charge in [0.25, 0.3) is 5.91 Å². The molecule has 1 aliphatic heterocycles. The van der Waals surface area contributed by atoms with Crippen LogP contribution < -0.4 is 4.74 Å². The summed E-state index contributed by atoms with van der Waals surface area (Å²) in [6.45, 7) is 5.00. The molecule has 0 atom stereocenters. The van der Waals surface area contributed by atoms with Crippen molar-refractivity contribution in [1.82, 2.24) is 15.0 Å². The summed E-state index contributed by atoms with van der Waals surface area (Å²) in [5.41, 5.74) is 2.61. The number of aromatic amines is 1. The van der Waals surface area contributed by atoms with Crippen molar-refractivity contribution in [1.29, 1.82) is 0 Å². The van der Waals surface area contributed by atoms with E-state index < -0.39 is 12.6 Å². The Labute approximate surface area is 190 Å². The number of hydrogen-bond acceptors (Lipinski definition) is 7. The number of aryl methyl sites for hydroxylation is 2. The van der Waals surface area contributed by atoms with Crippen LogP contribution in [0.2, 0.25) is 0 Å². The Balaban J connectivity index is 1.28. The largest absolute Gasteiger partial charge is 0.489 e. The molecule has 0 unspecified atom stereocenters. The number of nitrogens with zero attached hydrogens (tertiary/aromatic N) is 2. The minimum atomic E-state index is -0.621. The van der Waals surface area contributed by atoms with Gasteiger partial charge in [0.2, 0.25) is 5.78 Å². The molecule has 0 bridgehead atoms. The minimum absolute atomic E-state index is 0.125. The van der Waals surface area contributed by atoms with E-state index in [1.807, 2.05) is 13.8 Å². The molecule has 0 radical (unpaired) electrons. The number of Topliss-reactive ketones (excluding diaryl/α,β-unsaturated/α-hetero) is 1. The molecule has 2 aromatic heterocycles. The van der Waals surface area contributed by atoms with Gasteiger partial charge >= 0.3 is 5.97 Å². The molecule has 33 heavy (non-hydrogen) atoms. The maximum absolute atomic E-state index is 12.4. The molecule has 0 saturated carbocycles. The Morgan fingerprint density at radius 3 is 2.48 bits per heavy atom. The molecule has 4 rings (SSSR count). The molecule has 1 aromatic carbocycles. The van der Waals surface area contributed by atoms with E-state index in [9.17, 15) is 14.4 Å². The maximum Gasteiger partial charge on any atom is 0.338 e. The van der Waals surface area contributed by atoms with Crippen LogP contribution in [-0.4, -0.2) is 52.4 Å². The lowest BCUT2D eigenvalue weighted by atomic mass is 10.2. The lowest BCUT2D eigenvalue weighted by molar-refractivity contribution is 0.0474. The predicted octanol–water partition coefficient (Wildman–Crippen LogP) is 3.47. The average Bonchev–Trinajstić information content (AvgIpc) is 3.58. The predicted molar refractivity (Wildman–Crippen MR) is 117 cm³/mol. The highest BCUT2D eigenvalue weighted by Crippen LogP contribution is 2.19. The number of ketones is 1. The third kappa shape index (κ3) is 5.14. The van der Waals surface area contributed by atoms with Gasteiger partial charge in [-0.25, -0.2) is 4.79 Å². The molecule has 1 amide bonds. The molecule has 3 aromatic rings. The van der Waals surface area contributed by atoms with Crippen molar-refractivity contribution in [3.05, 3.63) is 70.4 Å². The first-order valence-corrected chi connectivity index (χ1v) is 10.7. The van der Waals surface area contributed by atoms with Crippen LogP contribution in [0.25, 0.3) is 0 Å². The second kappa shape index (κ2) is 9.72. The third-order valence-electron chi connectivity index (χ3n) is 5.62. The van der Waals surface area contributed by atoms with E-state index in [-0.39, 0.29) is 11.7 Å². The standard InChI is InChI=1S/C24H25N3O6/c1-15-20(16(2)33-26-15)13-31-19-7-5-17(6-8-19)24(30)32-14-22(28)18-11-21(25-12-18)23(29)27-9-3-4-10-27/h5-8,11-12,25H,3-4,9-10,13-14H2,1-2H3. The monoisotopic (exact) mass is 451 g/mol. The molecular formula is C24H25N3O6. The van der Waals surface area contributed by atoms with Crippen molar-refractivity contribution in [3.8, 4) is 5.75 Å². The smallest absolute Gasteiger partial charge is 0.338 e. The highest BCUT2D eigenvalue weighted by Gasteiger charge is 2.22. The zero-order chi connectivity index (χ0) is 23.4. The topological polar surface area (TPSA) is 115 Å². The van der Waals surface area contributed by atoms with Crippen LogP contribution in [-0.2, 0) is 11.3 Å². The summed E-state index contributed by atoms with van der Waals surface area (Å²) in [4.78, 5) is 41.7. The molecule has 1 aliphatic rings. The summed E-state index contributed by atoms with van der Waals surface area (Å²) in [5.74, 6) is 0.140. The fourth-order valence-corrected chi connectivity index (χ4v) is 3.62. The number of H-pyrrole nitrogens is 1. The summed E-state index contributed by atoms with van der Waals surface area (Å²) < 4.78 is 16.0. The van der Waals surface area contributed by atoms with Gasteiger partial charge in [-0.15, -0.1) is 0 Å². The van der Waals surface area contributed by atoms with Crippen LogP contribution in [0.15, 0.2) is 41.1 Å². The van der Waals surface area contributed by atoms with Gasteiger partial charge in [0, 0.05) is 24.8 Å². The summed E-state index contributed by atoms with van der Waals surface area (Å²) >= 11 is 0. The van der Waals surface area contributed by atoms with Gasteiger partial charge < -0.3 is 23.9 Å². The molecule has 172 valence electrons. The number of nitrogens with one attached hydrogen (secondary N) is 1. The Hall–Kier alpha value is -3.88. The zero-order valence-corrected chi connectivity index (χ0v) is 18.6. The minimum Gasteiger partial charge on any atom is -0.489 e. The number of aromatic nitrogens is 2. The van der Waals surface area contributed by atoms with Gasteiger partial charge in [-0.3, -0.25) is 9.59 Å². The first kappa shape index (κ1) is 22.3. The van der Waals surface area contributed by atoms with Gasteiger partial charge in [0.05, 0.1) is 16.8 Å². The number of likely N-dealkylation sites (tertiary alicyclic amines) is 1. The Bertz CT molecular complexity index is 1140. The number of rotatable bonds is 8. The first-order valence-electron chi connectivity index (χ1n) is 10.7. The zero-order valence-electron chi connectivity index (χ0n) is 18.6. The molecule has 3 heterocycles. The molecule has 1 fully saturated rings. The van der Waals surface area contributed by atoms with E-state index in [0.29, 0.717) is 34.9 Å². The number of ether oxygens (including phenoxy) is 2. The molecule has 9 heteroatoms. The van der Waals surface area contributed by atoms with Crippen LogP contribution >= 0.6 is 0 Å². The number of carbonyl (C=O) groups is 3. The number of benzene rings is 1. The highest BCUT2D eigenvalue weighted by molar-refractivity contribution is 6.02. The molecular weight excluding hydrogens is 426 g/mol. The second-order valence-corrected chi connectivity index (χ2v) is 7.92. The lowest BCUT2D eigenvalue weighted by Gasteiger charge is -2.13. The SMILES string of the molecule is Cc1noc(C)c1COc1ccc(C(=O)OCC(=O)c2c[nH]c(C(=O)N3CCCC3)c2)cc1. The maximum atomic E-state index is 12.4. The molecule has 0 spiro atoms. The van der Waals surface area contributed by atoms with Gasteiger partial charge in [-0.2, -0.15) is 0 Å². The quantitative estimate of drug-likeness (QED) is 0.412. The van der Waals surface area contributed by atoms with Crippen molar-refractivity contribution in [2.75, 3.05) is 19.7 Å². The number of amides is 1. The van der Waals surface area contributed by atoms with Crippen molar-refractivity contribution in [3.63, 3.8) is 0 Å². The van der Waals surface area contributed by atoms with Crippen molar-refractivity contribution in [2.45, 2.75) is 33.3 Å². The normalized spacial score (nSPS) is 13.2. The van der Waals surface area contributed by atoms with Crippen molar-refractivity contribution < 1.29 is 28.4 Å². The Morgan fingerprint density at radius 2 is 1.82 bits per heavy atom. The summed E-state index contributed by atoms with van der Waals surface area (Å²) in [7, 11) is 0. The van der Waals surface area contributed by atoms with Crippen molar-refractivity contribution in [2.24, 2.45) is 0 Å². The summed E-state index contributed by atoms with van der Waals surface area (Å²) in [5, 5.41) is 3.89. The van der Waals surface area contributed by atoms with Crippen LogP contribution in [0.1, 0.15) is 61.1 Å². The van der Waals surface area contributed by atoms with E-state index >= 15 is 0 Å². The van der Waals surface area contributed by atoms with E-state index in [2.05, 4.69) is 10.1 Å². The van der Waals surface area contributed by atoms with Crippen molar-refractivity contribution >= 4 is 17.7 Å². The Kier molecular flexibility index (Phi) is 6.58. The highest BCUT2D eigenvalue weighted by atomic mass is 16.5. The fourth-order valence-electron chi connectivity index (χ4n) is 3.62. The van der Waals surface area contributed by atoms with Crippen LogP contribution in [0, 0.1) is 13.8 Å². The van der Waals surface area contributed by atoms with E-state index in [0.717, 1.165) is 37.2 Å². The van der Waals surface area contributed by atoms with E-state index in [1.165, 1.54) is 12.3 Å². The third-order valence-corrected chi connectivity index (χ3v) is 5.62. The number of hydrogen-bond donors (Lipinski definition) is 1. The number of carbonyl (C=O) groups excluding carboxylic acids is 3. The average molecular weight is 451 g/mol. The van der Waals surface area contributed by atoms with Gasteiger partial charge in [0.1, 0.15) is 23.8 Å². The van der Waals surface area contributed by atoms with Gasteiger partial charge in [-0.1, -0.05) is 5.16 Å². The first-order chi connectivity index (χ1) is 15.9. The molecule has 1 N–H and O–H groups in total. The lowest BCUT2D eigenvalue weighted by Crippen LogP contribution is -2.27. The Morgan fingerprint density at radius 1 is 1.09 bits per heavy atom. The van der Waals surface area contributed by atoms with Crippen LogP contribution in [0.5, 0.6) is 5.75 Å². The molecule has 1 saturated heterocycles. The molecule has 9 nitrogen and oxygen atoms in total.